The normalized spacial score (nSPS) is 16.6. The number of pyridine rings is 2. The summed E-state index contributed by atoms with van der Waals surface area (Å²) in [5, 5.41) is 5.87. The van der Waals surface area contributed by atoms with Crippen molar-refractivity contribution in [3.05, 3.63) is 66.1 Å². The molecule has 1 aromatic carbocycles. The molecule has 1 saturated heterocycles. The number of sulfonamides is 1. The number of amides is 1. The molecule has 11 heteroatoms. The second-order valence-corrected chi connectivity index (χ2v) is 12.3. The van der Waals surface area contributed by atoms with Crippen LogP contribution in [0.25, 0.3) is 27.8 Å². The number of fused-ring (bicyclic) bond motifs is 1. The van der Waals surface area contributed by atoms with Crippen molar-refractivity contribution in [2.75, 3.05) is 31.4 Å². The van der Waals surface area contributed by atoms with Crippen LogP contribution < -0.4 is 9.62 Å². The number of nitrogens with zero attached hydrogens (tertiary/aromatic N) is 5. The minimum Gasteiger partial charge on any atom is -0.381 e. The van der Waals surface area contributed by atoms with E-state index in [-0.39, 0.29) is 11.6 Å². The molecule has 0 bridgehead atoms. The van der Waals surface area contributed by atoms with Crippen LogP contribution in [0.15, 0.2) is 54.7 Å². The Bertz CT molecular complexity index is 1640. The second-order valence-electron chi connectivity index (χ2n) is 10.6. The summed E-state index contributed by atoms with van der Waals surface area (Å²) in [6.07, 6.45) is 7.86. The molecule has 40 heavy (non-hydrogen) atoms. The SMILES string of the molecule is CN(c1ccc(-c2cc(C(=O)NS(C)(=O)=O)nc3c2c(C2CCC2)nn3-c2ccccc2)cn1)C1CCOCC1. The number of carbonyl (C=O) groups is 1. The van der Waals surface area contributed by atoms with Gasteiger partial charge in [0.15, 0.2) is 5.65 Å². The highest BCUT2D eigenvalue weighted by Crippen LogP contribution is 2.42. The largest absolute Gasteiger partial charge is 0.381 e. The van der Waals surface area contributed by atoms with E-state index in [0.717, 1.165) is 85.3 Å². The highest BCUT2D eigenvalue weighted by atomic mass is 32.2. The van der Waals surface area contributed by atoms with Crippen LogP contribution >= 0.6 is 0 Å². The Morgan fingerprint density at radius 3 is 2.45 bits per heavy atom. The third-order valence-electron chi connectivity index (χ3n) is 7.83. The summed E-state index contributed by atoms with van der Waals surface area (Å²) in [6, 6.07) is 15.6. The van der Waals surface area contributed by atoms with Gasteiger partial charge >= 0.3 is 0 Å². The van der Waals surface area contributed by atoms with Crippen LogP contribution in [-0.4, -0.2) is 66.6 Å². The molecule has 6 rings (SSSR count). The van der Waals surface area contributed by atoms with Gasteiger partial charge in [0.1, 0.15) is 11.5 Å². The van der Waals surface area contributed by atoms with Crippen LogP contribution in [0.3, 0.4) is 0 Å². The molecule has 4 heterocycles. The summed E-state index contributed by atoms with van der Waals surface area (Å²) in [5.41, 5.74) is 3.80. The highest BCUT2D eigenvalue weighted by Gasteiger charge is 2.30. The Morgan fingerprint density at radius 1 is 1.07 bits per heavy atom. The Kier molecular flexibility index (Phi) is 7.01. The Hall–Kier alpha value is -3.83. The van der Waals surface area contributed by atoms with Gasteiger partial charge in [0.2, 0.25) is 10.0 Å². The molecule has 10 nitrogen and oxygen atoms in total. The lowest BCUT2D eigenvalue weighted by Crippen LogP contribution is -2.37. The Labute approximate surface area is 233 Å². The molecule has 1 aliphatic carbocycles. The van der Waals surface area contributed by atoms with Crippen molar-refractivity contribution in [2.24, 2.45) is 0 Å². The van der Waals surface area contributed by atoms with Crippen LogP contribution in [0.2, 0.25) is 0 Å². The lowest BCUT2D eigenvalue weighted by atomic mass is 9.81. The summed E-state index contributed by atoms with van der Waals surface area (Å²) < 4.78 is 33.1. The van der Waals surface area contributed by atoms with E-state index in [9.17, 15) is 13.2 Å². The van der Waals surface area contributed by atoms with Gasteiger partial charge in [-0.1, -0.05) is 24.6 Å². The van der Waals surface area contributed by atoms with E-state index < -0.39 is 15.9 Å². The number of anilines is 1. The molecule has 1 amide bonds. The number of hydrogen-bond donors (Lipinski definition) is 1. The minimum absolute atomic E-state index is 0.00596. The Balaban J connectivity index is 1.51. The van der Waals surface area contributed by atoms with Crippen molar-refractivity contribution >= 4 is 32.8 Å². The van der Waals surface area contributed by atoms with E-state index in [0.29, 0.717) is 11.7 Å². The maximum Gasteiger partial charge on any atom is 0.283 e. The third kappa shape index (κ3) is 5.18. The molecule has 2 fully saturated rings. The lowest BCUT2D eigenvalue weighted by molar-refractivity contribution is 0.0853. The molecule has 1 N–H and O–H groups in total. The van der Waals surface area contributed by atoms with E-state index in [1.165, 1.54) is 0 Å². The first kappa shape index (κ1) is 26.4. The zero-order valence-electron chi connectivity index (χ0n) is 22.6. The molecule has 208 valence electrons. The number of ether oxygens (including phenoxy) is 1. The number of nitrogens with one attached hydrogen (secondary N) is 1. The van der Waals surface area contributed by atoms with Crippen molar-refractivity contribution in [3.63, 3.8) is 0 Å². The number of benzene rings is 1. The van der Waals surface area contributed by atoms with Gasteiger partial charge < -0.3 is 9.64 Å². The molecule has 0 radical (unpaired) electrons. The van der Waals surface area contributed by atoms with Crippen LogP contribution in [0.5, 0.6) is 0 Å². The van der Waals surface area contributed by atoms with Crippen molar-refractivity contribution in [2.45, 2.75) is 44.1 Å². The fourth-order valence-corrected chi connectivity index (χ4v) is 5.88. The zero-order chi connectivity index (χ0) is 27.9. The highest BCUT2D eigenvalue weighted by molar-refractivity contribution is 7.89. The summed E-state index contributed by atoms with van der Waals surface area (Å²) in [5.74, 6) is 0.353. The molecule has 1 saturated carbocycles. The monoisotopic (exact) mass is 560 g/mol. The summed E-state index contributed by atoms with van der Waals surface area (Å²) in [7, 11) is -1.73. The first-order valence-corrected chi connectivity index (χ1v) is 15.5. The quantitative estimate of drug-likeness (QED) is 0.360. The molecular formula is C29H32N6O4S. The van der Waals surface area contributed by atoms with Crippen molar-refractivity contribution < 1.29 is 17.9 Å². The van der Waals surface area contributed by atoms with Crippen molar-refractivity contribution in [1.82, 2.24) is 24.5 Å². The number of carbonyl (C=O) groups excluding carboxylic acids is 1. The number of hydrogen-bond acceptors (Lipinski definition) is 8. The van der Waals surface area contributed by atoms with E-state index in [1.807, 2.05) is 48.7 Å². The van der Waals surface area contributed by atoms with Gasteiger partial charge in [0.25, 0.3) is 5.91 Å². The predicted octanol–water partition coefficient (Wildman–Crippen LogP) is 4.05. The van der Waals surface area contributed by atoms with E-state index in [1.54, 1.807) is 10.7 Å². The zero-order valence-corrected chi connectivity index (χ0v) is 23.4. The fourth-order valence-electron chi connectivity index (χ4n) is 5.44. The van der Waals surface area contributed by atoms with Crippen LogP contribution in [0, 0.1) is 0 Å². The maximum atomic E-state index is 13.0. The first-order valence-electron chi connectivity index (χ1n) is 13.6. The third-order valence-corrected chi connectivity index (χ3v) is 8.38. The molecule has 0 atom stereocenters. The van der Waals surface area contributed by atoms with Gasteiger partial charge in [-0.15, -0.1) is 0 Å². The predicted molar refractivity (Wildman–Crippen MR) is 153 cm³/mol. The topological polar surface area (TPSA) is 119 Å². The van der Waals surface area contributed by atoms with Gasteiger partial charge in [-0.05, 0) is 61.6 Å². The second kappa shape index (κ2) is 10.6. The Morgan fingerprint density at radius 2 is 1.82 bits per heavy atom. The van der Waals surface area contributed by atoms with Crippen LogP contribution in [0.1, 0.15) is 54.2 Å². The number of rotatable bonds is 7. The number of aromatic nitrogens is 4. The van der Waals surface area contributed by atoms with Crippen molar-refractivity contribution in [1.29, 1.82) is 0 Å². The fraction of sp³-hybridized carbons (Fsp3) is 0.379. The molecule has 2 aliphatic rings. The number of para-hydroxylation sites is 1. The summed E-state index contributed by atoms with van der Waals surface area (Å²) in [6.45, 7) is 1.49. The average molecular weight is 561 g/mol. The molecule has 3 aromatic heterocycles. The standard InChI is InChI=1S/C29H32N6O4S/c1-34(21-13-15-39-16-14-21)25-12-11-20(18-30-25)23-17-24(29(36)33-40(2,37)38)31-28-26(23)27(19-7-6-8-19)32-35(28)22-9-4-3-5-10-22/h3-5,9-12,17-19,21H,6-8,13-16H2,1-2H3,(H,33,36). The molecule has 0 spiro atoms. The van der Waals surface area contributed by atoms with Crippen LogP contribution in [0.4, 0.5) is 5.82 Å². The van der Waals surface area contributed by atoms with Gasteiger partial charge in [-0.2, -0.15) is 5.10 Å². The summed E-state index contributed by atoms with van der Waals surface area (Å²) in [4.78, 5) is 24.7. The van der Waals surface area contributed by atoms with E-state index in [4.69, 9.17) is 14.8 Å². The van der Waals surface area contributed by atoms with Gasteiger partial charge in [0, 0.05) is 44.0 Å². The van der Waals surface area contributed by atoms with E-state index in [2.05, 4.69) is 21.7 Å². The smallest absolute Gasteiger partial charge is 0.283 e. The molecule has 1 aliphatic heterocycles. The summed E-state index contributed by atoms with van der Waals surface area (Å²) >= 11 is 0. The minimum atomic E-state index is -3.78. The lowest BCUT2D eigenvalue weighted by Gasteiger charge is -2.32. The maximum absolute atomic E-state index is 13.0. The van der Waals surface area contributed by atoms with Crippen molar-refractivity contribution in [3.8, 4) is 16.8 Å². The van der Waals surface area contributed by atoms with Gasteiger partial charge in [-0.3, -0.25) is 4.79 Å². The first-order chi connectivity index (χ1) is 19.3. The molecular weight excluding hydrogens is 528 g/mol. The van der Waals surface area contributed by atoms with Gasteiger partial charge in [-0.25, -0.2) is 27.8 Å². The average Bonchev–Trinajstić information content (AvgIpc) is 3.30. The van der Waals surface area contributed by atoms with Crippen LogP contribution in [-0.2, 0) is 14.8 Å². The molecule has 0 unspecified atom stereocenters. The molecule has 4 aromatic rings. The van der Waals surface area contributed by atoms with E-state index >= 15 is 0 Å². The van der Waals surface area contributed by atoms with Gasteiger partial charge in [0.05, 0.1) is 23.0 Å².